The third-order valence-corrected chi connectivity index (χ3v) is 4.91. The molecular formula is C27H36O5. The van der Waals surface area contributed by atoms with E-state index in [1.54, 1.807) is 25.3 Å². The zero-order valence-electron chi connectivity index (χ0n) is 19.6. The summed E-state index contributed by atoms with van der Waals surface area (Å²) in [5, 5.41) is 0. The van der Waals surface area contributed by atoms with Gasteiger partial charge in [0.2, 0.25) is 0 Å². The minimum Gasteiger partial charge on any atom is -0.494 e. The minimum absolute atomic E-state index is 0.447. The van der Waals surface area contributed by atoms with E-state index in [1.807, 2.05) is 30.3 Å². The van der Waals surface area contributed by atoms with Gasteiger partial charge in [0.05, 0.1) is 20.3 Å². The molecule has 0 saturated carbocycles. The van der Waals surface area contributed by atoms with E-state index in [0.717, 1.165) is 43.4 Å². The Hall–Kier alpha value is -2.95. The summed E-state index contributed by atoms with van der Waals surface area (Å²) in [6.45, 7) is 5.71. The van der Waals surface area contributed by atoms with Gasteiger partial charge in [0.15, 0.2) is 11.5 Å². The molecular weight excluding hydrogens is 404 g/mol. The monoisotopic (exact) mass is 440 g/mol. The van der Waals surface area contributed by atoms with Crippen molar-refractivity contribution in [1.29, 1.82) is 0 Å². The summed E-state index contributed by atoms with van der Waals surface area (Å²) < 4.78 is 22.3. The van der Waals surface area contributed by atoms with Crippen LogP contribution in [0.25, 0.3) is 6.08 Å². The summed E-state index contributed by atoms with van der Waals surface area (Å²) >= 11 is 0. The van der Waals surface area contributed by atoms with E-state index in [4.69, 9.17) is 18.9 Å². The van der Waals surface area contributed by atoms with Gasteiger partial charge in [-0.1, -0.05) is 52.0 Å². The minimum atomic E-state index is -0.447. The third kappa shape index (κ3) is 9.46. The summed E-state index contributed by atoms with van der Waals surface area (Å²) in [5.41, 5.74) is 0.827. The van der Waals surface area contributed by atoms with Crippen LogP contribution in [-0.2, 0) is 4.79 Å². The maximum atomic E-state index is 12.2. The van der Waals surface area contributed by atoms with E-state index in [9.17, 15) is 4.79 Å². The predicted octanol–water partition coefficient (Wildman–Crippen LogP) is 6.84. The number of hydrogen-bond donors (Lipinski definition) is 0. The molecule has 5 nitrogen and oxygen atoms in total. The second-order valence-corrected chi connectivity index (χ2v) is 7.60. The van der Waals surface area contributed by atoms with Crippen LogP contribution < -0.4 is 18.9 Å². The van der Waals surface area contributed by atoms with Gasteiger partial charge >= 0.3 is 5.97 Å². The Morgan fingerprint density at radius 1 is 0.781 bits per heavy atom. The van der Waals surface area contributed by atoms with Gasteiger partial charge in [-0.15, -0.1) is 0 Å². The molecule has 32 heavy (non-hydrogen) atoms. The van der Waals surface area contributed by atoms with Crippen LogP contribution in [0.5, 0.6) is 23.0 Å². The van der Waals surface area contributed by atoms with Crippen molar-refractivity contribution in [2.75, 3.05) is 20.3 Å². The number of ether oxygens (including phenoxy) is 4. The summed E-state index contributed by atoms with van der Waals surface area (Å²) in [6, 6.07) is 12.7. The molecule has 0 aliphatic heterocycles. The van der Waals surface area contributed by atoms with Gasteiger partial charge in [0.1, 0.15) is 11.5 Å². The van der Waals surface area contributed by atoms with E-state index in [0.29, 0.717) is 30.5 Å². The zero-order chi connectivity index (χ0) is 23.0. The normalized spacial score (nSPS) is 10.8. The summed E-state index contributed by atoms with van der Waals surface area (Å²) in [7, 11) is 1.61. The molecule has 2 aromatic rings. The van der Waals surface area contributed by atoms with Crippen molar-refractivity contribution in [2.45, 2.75) is 58.8 Å². The van der Waals surface area contributed by atoms with Crippen LogP contribution >= 0.6 is 0 Å². The number of carbonyl (C=O) groups excluding carboxylic acids is 1. The highest BCUT2D eigenvalue weighted by Crippen LogP contribution is 2.29. The van der Waals surface area contributed by atoms with Gasteiger partial charge in [-0.25, -0.2) is 4.79 Å². The van der Waals surface area contributed by atoms with Crippen molar-refractivity contribution >= 4 is 12.0 Å². The molecule has 0 aromatic heterocycles. The van der Waals surface area contributed by atoms with Crippen LogP contribution in [0.1, 0.15) is 64.4 Å². The predicted molar refractivity (Wildman–Crippen MR) is 129 cm³/mol. The lowest BCUT2D eigenvalue weighted by atomic mass is 10.2. The number of carbonyl (C=O) groups is 1. The first-order valence-corrected chi connectivity index (χ1v) is 11.6. The molecule has 2 rings (SSSR count). The smallest absolute Gasteiger partial charge is 0.336 e. The molecule has 0 aliphatic rings. The maximum absolute atomic E-state index is 12.2. The molecule has 0 heterocycles. The molecule has 0 unspecified atom stereocenters. The fourth-order valence-electron chi connectivity index (χ4n) is 3.08. The molecule has 0 bridgehead atoms. The summed E-state index contributed by atoms with van der Waals surface area (Å²) in [5.74, 6) is 2.16. The largest absolute Gasteiger partial charge is 0.494 e. The topological polar surface area (TPSA) is 54.0 Å². The highest BCUT2D eigenvalue weighted by Gasteiger charge is 2.06. The molecule has 0 amide bonds. The fourth-order valence-corrected chi connectivity index (χ4v) is 3.08. The van der Waals surface area contributed by atoms with E-state index < -0.39 is 5.97 Å². The number of esters is 1. The molecule has 0 fully saturated rings. The van der Waals surface area contributed by atoms with E-state index in [2.05, 4.69) is 13.8 Å². The third-order valence-electron chi connectivity index (χ3n) is 4.91. The second kappa shape index (κ2) is 15.0. The number of hydrogen-bond acceptors (Lipinski definition) is 5. The molecule has 0 atom stereocenters. The van der Waals surface area contributed by atoms with Gasteiger partial charge in [0.25, 0.3) is 0 Å². The van der Waals surface area contributed by atoms with Gasteiger partial charge in [-0.05, 0) is 60.9 Å². The first-order chi connectivity index (χ1) is 15.7. The van der Waals surface area contributed by atoms with E-state index in [-0.39, 0.29) is 0 Å². The Morgan fingerprint density at radius 3 is 2.16 bits per heavy atom. The van der Waals surface area contributed by atoms with Gasteiger partial charge in [-0.3, -0.25) is 0 Å². The summed E-state index contributed by atoms with van der Waals surface area (Å²) in [6.07, 6.45) is 11.1. The molecule has 0 saturated heterocycles. The average molecular weight is 441 g/mol. The van der Waals surface area contributed by atoms with Crippen LogP contribution in [0.4, 0.5) is 0 Å². The van der Waals surface area contributed by atoms with Crippen LogP contribution in [-0.4, -0.2) is 26.3 Å². The van der Waals surface area contributed by atoms with Crippen molar-refractivity contribution < 1.29 is 23.7 Å². The molecule has 174 valence electrons. The Labute approximate surface area is 192 Å². The van der Waals surface area contributed by atoms with Crippen LogP contribution in [0.3, 0.4) is 0 Å². The molecule has 0 radical (unpaired) electrons. The van der Waals surface area contributed by atoms with Crippen molar-refractivity contribution in [1.82, 2.24) is 0 Å². The standard InChI is InChI=1S/C27H36O5/c1-4-6-8-10-20-31-25-17-11-22(21-26(25)29-3)12-18-27(28)32-24-15-13-23(14-16-24)30-19-9-7-5-2/h11-18,21H,4-10,19-20H2,1-3H3. The van der Waals surface area contributed by atoms with Gasteiger partial charge in [-0.2, -0.15) is 0 Å². The van der Waals surface area contributed by atoms with Crippen molar-refractivity contribution in [3.8, 4) is 23.0 Å². The second-order valence-electron chi connectivity index (χ2n) is 7.60. The van der Waals surface area contributed by atoms with Crippen LogP contribution in [0, 0.1) is 0 Å². The van der Waals surface area contributed by atoms with Crippen molar-refractivity contribution in [3.63, 3.8) is 0 Å². The lowest BCUT2D eigenvalue weighted by Crippen LogP contribution is -2.04. The Balaban J connectivity index is 1.84. The Kier molecular flexibility index (Phi) is 11.8. The number of methoxy groups -OCH3 is 1. The highest BCUT2D eigenvalue weighted by molar-refractivity contribution is 5.88. The van der Waals surface area contributed by atoms with E-state index >= 15 is 0 Å². The number of rotatable bonds is 15. The first-order valence-electron chi connectivity index (χ1n) is 11.6. The Bertz CT molecular complexity index is 826. The average Bonchev–Trinajstić information content (AvgIpc) is 2.82. The summed E-state index contributed by atoms with van der Waals surface area (Å²) in [4.78, 5) is 12.2. The molecule has 2 aromatic carbocycles. The zero-order valence-corrected chi connectivity index (χ0v) is 19.6. The molecule has 0 aliphatic carbocycles. The van der Waals surface area contributed by atoms with Gasteiger partial charge < -0.3 is 18.9 Å². The first kappa shape index (κ1) is 25.3. The van der Waals surface area contributed by atoms with E-state index in [1.165, 1.54) is 18.9 Å². The molecule has 5 heteroatoms. The number of benzene rings is 2. The SMILES string of the molecule is CCCCCCOc1ccc(C=CC(=O)Oc2ccc(OCCCCC)cc2)cc1OC. The molecule has 0 N–H and O–H groups in total. The lowest BCUT2D eigenvalue weighted by molar-refractivity contribution is -0.128. The van der Waals surface area contributed by atoms with Gasteiger partial charge in [0, 0.05) is 6.08 Å². The highest BCUT2D eigenvalue weighted by atomic mass is 16.5. The number of unbranched alkanes of at least 4 members (excludes halogenated alkanes) is 5. The fraction of sp³-hybridized carbons (Fsp3) is 0.444. The van der Waals surface area contributed by atoms with Crippen LogP contribution in [0.2, 0.25) is 0 Å². The Morgan fingerprint density at radius 2 is 1.44 bits per heavy atom. The quantitative estimate of drug-likeness (QED) is 0.131. The van der Waals surface area contributed by atoms with Crippen molar-refractivity contribution in [3.05, 3.63) is 54.1 Å². The van der Waals surface area contributed by atoms with Crippen molar-refractivity contribution in [2.24, 2.45) is 0 Å². The maximum Gasteiger partial charge on any atom is 0.336 e. The van der Waals surface area contributed by atoms with Crippen LogP contribution in [0.15, 0.2) is 48.5 Å². The molecule has 0 spiro atoms. The lowest BCUT2D eigenvalue weighted by Gasteiger charge is -2.11.